The number of aromatic hydroxyl groups is 1. The molecule has 0 aromatic heterocycles. The third-order valence-electron chi connectivity index (χ3n) is 1.95. The van der Waals surface area contributed by atoms with Crippen LogP contribution < -0.4 is 0 Å². The van der Waals surface area contributed by atoms with Crippen LogP contribution in [0.15, 0.2) is 16.6 Å². The van der Waals surface area contributed by atoms with E-state index in [1.165, 1.54) is 6.92 Å². The highest BCUT2D eigenvalue weighted by Crippen LogP contribution is 2.30. The highest BCUT2D eigenvalue weighted by Gasteiger charge is 2.09. The number of carbonyl (C=O) groups is 1. The van der Waals surface area contributed by atoms with Gasteiger partial charge in [0, 0.05) is 19.1 Å². The number of hydrogen-bond acceptors (Lipinski definition) is 3. The van der Waals surface area contributed by atoms with Crippen LogP contribution in [0.3, 0.4) is 0 Å². The molecule has 0 saturated heterocycles. The van der Waals surface area contributed by atoms with E-state index in [4.69, 9.17) is 4.74 Å². The summed E-state index contributed by atoms with van der Waals surface area (Å²) in [5.74, 6) is 0.150. The van der Waals surface area contributed by atoms with Crippen LogP contribution in [0.25, 0.3) is 0 Å². The monoisotopic (exact) mass is 272 g/mol. The number of phenols is 1. The number of phenolic OH excluding ortho intramolecular Hbond substituents is 1. The number of benzene rings is 1. The Labute approximate surface area is 97.2 Å². The molecule has 1 aromatic carbocycles. The summed E-state index contributed by atoms with van der Waals surface area (Å²) in [4.78, 5) is 11.0. The van der Waals surface area contributed by atoms with Crippen molar-refractivity contribution in [3.8, 4) is 5.75 Å². The van der Waals surface area contributed by atoms with Gasteiger partial charge in [-0.25, -0.2) is 0 Å². The SMILES string of the molecule is COCc1cc(Br)c(O)c(CC(C)=O)c1. The molecule has 1 aromatic rings. The average molecular weight is 273 g/mol. The zero-order chi connectivity index (χ0) is 11.4. The van der Waals surface area contributed by atoms with E-state index in [2.05, 4.69) is 15.9 Å². The molecule has 0 saturated carbocycles. The third-order valence-corrected chi connectivity index (χ3v) is 2.56. The summed E-state index contributed by atoms with van der Waals surface area (Å²) in [7, 11) is 1.60. The zero-order valence-corrected chi connectivity index (χ0v) is 10.3. The van der Waals surface area contributed by atoms with Crippen LogP contribution in [0.2, 0.25) is 0 Å². The maximum atomic E-state index is 11.0. The van der Waals surface area contributed by atoms with Crippen molar-refractivity contribution in [3.05, 3.63) is 27.7 Å². The largest absolute Gasteiger partial charge is 0.506 e. The number of rotatable bonds is 4. The number of halogens is 1. The van der Waals surface area contributed by atoms with Crippen molar-refractivity contribution in [3.63, 3.8) is 0 Å². The molecule has 0 amide bonds. The predicted octanol–water partition coefficient (Wildman–Crippen LogP) is 2.43. The lowest BCUT2D eigenvalue weighted by Gasteiger charge is -2.08. The third kappa shape index (κ3) is 3.32. The maximum Gasteiger partial charge on any atom is 0.134 e. The molecular formula is C11H13BrO3. The minimum Gasteiger partial charge on any atom is -0.506 e. The maximum absolute atomic E-state index is 11.0. The van der Waals surface area contributed by atoms with Crippen molar-refractivity contribution < 1.29 is 14.6 Å². The molecule has 0 unspecified atom stereocenters. The Bertz CT molecular complexity index is 374. The van der Waals surface area contributed by atoms with Crippen molar-refractivity contribution >= 4 is 21.7 Å². The van der Waals surface area contributed by atoms with Crippen molar-refractivity contribution in [2.75, 3.05) is 7.11 Å². The highest BCUT2D eigenvalue weighted by atomic mass is 79.9. The molecule has 82 valence electrons. The number of ether oxygens (including phenoxy) is 1. The molecule has 0 atom stereocenters. The summed E-state index contributed by atoms with van der Waals surface area (Å²) in [5.41, 5.74) is 1.56. The first-order valence-corrected chi connectivity index (χ1v) is 5.32. The molecule has 0 aliphatic rings. The van der Waals surface area contributed by atoms with E-state index < -0.39 is 0 Å². The van der Waals surface area contributed by atoms with Crippen LogP contribution in [-0.4, -0.2) is 18.0 Å². The molecule has 0 fully saturated rings. The Morgan fingerprint density at radius 3 is 2.73 bits per heavy atom. The van der Waals surface area contributed by atoms with Gasteiger partial charge in [0.1, 0.15) is 11.5 Å². The fourth-order valence-corrected chi connectivity index (χ4v) is 1.92. The van der Waals surface area contributed by atoms with Gasteiger partial charge >= 0.3 is 0 Å². The molecule has 1 rings (SSSR count). The number of methoxy groups -OCH3 is 1. The Morgan fingerprint density at radius 1 is 1.53 bits per heavy atom. The number of carbonyl (C=O) groups excluding carboxylic acids is 1. The van der Waals surface area contributed by atoms with Gasteiger partial charge in [-0.3, -0.25) is 4.79 Å². The van der Waals surface area contributed by atoms with Gasteiger partial charge < -0.3 is 9.84 Å². The van der Waals surface area contributed by atoms with Gasteiger partial charge in [0.25, 0.3) is 0 Å². The second kappa shape index (κ2) is 5.28. The fraction of sp³-hybridized carbons (Fsp3) is 0.364. The van der Waals surface area contributed by atoms with Crippen LogP contribution in [-0.2, 0) is 22.6 Å². The highest BCUT2D eigenvalue weighted by molar-refractivity contribution is 9.10. The molecule has 0 bridgehead atoms. The quantitative estimate of drug-likeness (QED) is 0.916. The van der Waals surface area contributed by atoms with Crippen LogP contribution in [0, 0.1) is 0 Å². The summed E-state index contributed by atoms with van der Waals surface area (Å²) in [6.07, 6.45) is 0.238. The first-order valence-electron chi connectivity index (χ1n) is 4.53. The second-order valence-corrected chi connectivity index (χ2v) is 4.25. The summed E-state index contributed by atoms with van der Waals surface area (Å²) < 4.78 is 5.59. The van der Waals surface area contributed by atoms with Gasteiger partial charge in [0.05, 0.1) is 11.1 Å². The van der Waals surface area contributed by atoms with Crippen LogP contribution >= 0.6 is 15.9 Å². The summed E-state index contributed by atoms with van der Waals surface area (Å²) in [6, 6.07) is 3.56. The Hall–Kier alpha value is -0.870. The summed E-state index contributed by atoms with van der Waals surface area (Å²) in [6.45, 7) is 1.96. The van der Waals surface area contributed by atoms with Gasteiger partial charge in [-0.05, 0) is 40.5 Å². The van der Waals surface area contributed by atoms with E-state index in [0.29, 0.717) is 16.6 Å². The minimum atomic E-state index is 0.0202. The van der Waals surface area contributed by atoms with Gasteiger partial charge in [0.2, 0.25) is 0 Å². The zero-order valence-electron chi connectivity index (χ0n) is 8.71. The first-order chi connectivity index (χ1) is 7.04. The topological polar surface area (TPSA) is 46.5 Å². The van der Waals surface area contributed by atoms with E-state index >= 15 is 0 Å². The van der Waals surface area contributed by atoms with Gasteiger partial charge in [-0.1, -0.05) is 0 Å². The molecule has 15 heavy (non-hydrogen) atoms. The standard InChI is InChI=1S/C11H13BrO3/c1-7(13)3-9-4-8(6-15-2)5-10(12)11(9)14/h4-5,14H,3,6H2,1-2H3. The molecule has 3 nitrogen and oxygen atoms in total. The fourth-order valence-electron chi connectivity index (χ4n) is 1.37. The van der Waals surface area contributed by atoms with E-state index in [1.54, 1.807) is 19.2 Å². The van der Waals surface area contributed by atoms with Crippen molar-refractivity contribution in [2.45, 2.75) is 20.0 Å². The lowest BCUT2D eigenvalue weighted by atomic mass is 10.1. The molecule has 0 aliphatic heterocycles. The van der Waals surface area contributed by atoms with Gasteiger partial charge in [-0.15, -0.1) is 0 Å². The van der Waals surface area contributed by atoms with Crippen molar-refractivity contribution in [1.29, 1.82) is 0 Å². The molecule has 1 N–H and O–H groups in total. The molecule has 4 heteroatoms. The molecule has 0 spiro atoms. The van der Waals surface area contributed by atoms with Gasteiger partial charge in [0.15, 0.2) is 0 Å². The lowest BCUT2D eigenvalue weighted by Crippen LogP contribution is -1.99. The molecule has 0 aliphatic carbocycles. The molecule has 0 radical (unpaired) electrons. The van der Waals surface area contributed by atoms with E-state index in [9.17, 15) is 9.90 Å². The molecular weight excluding hydrogens is 260 g/mol. The normalized spacial score (nSPS) is 10.3. The van der Waals surface area contributed by atoms with Crippen molar-refractivity contribution in [1.82, 2.24) is 0 Å². The Kier molecular flexibility index (Phi) is 4.29. The minimum absolute atomic E-state index is 0.0202. The van der Waals surface area contributed by atoms with Crippen LogP contribution in [0.1, 0.15) is 18.1 Å². The number of hydrogen-bond donors (Lipinski definition) is 1. The second-order valence-electron chi connectivity index (χ2n) is 3.40. The van der Waals surface area contributed by atoms with Gasteiger partial charge in [-0.2, -0.15) is 0 Å². The predicted molar refractivity (Wildman–Crippen MR) is 60.9 cm³/mol. The smallest absolute Gasteiger partial charge is 0.134 e. The van der Waals surface area contributed by atoms with Crippen molar-refractivity contribution in [2.24, 2.45) is 0 Å². The average Bonchev–Trinajstić information content (AvgIpc) is 2.13. The number of Topliss-reactive ketones (excluding diaryl/α,β-unsaturated/α-hetero) is 1. The first kappa shape index (κ1) is 12.2. The van der Waals surface area contributed by atoms with E-state index in [1.807, 2.05) is 0 Å². The Morgan fingerprint density at radius 2 is 2.20 bits per heavy atom. The molecule has 0 heterocycles. The lowest BCUT2D eigenvalue weighted by molar-refractivity contribution is -0.116. The Balaban J connectivity index is 3.06. The summed E-state index contributed by atoms with van der Waals surface area (Å²) in [5, 5.41) is 9.70. The number of ketones is 1. The van der Waals surface area contributed by atoms with E-state index in [0.717, 1.165) is 5.56 Å². The van der Waals surface area contributed by atoms with E-state index in [-0.39, 0.29) is 18.0 Å². The van der Waals surface area contributed by atoms with Crippen LogP contribution in [0.5, 0.6) is 5.75 Å². The van der Waals surface area contributed by atoms with Crippen LogP contribution in [0.4, 0.5) is 0 Å². The summed E-state index contributed by atoms with van der Waals surface area (Å²) >= 11 is 3.24.